The molecule has 0 amide bonds. The molecule has 8 nitrogen and oxygen atoms in total. The van der Waals surface area contributed by atoms with Crippen LogP contribution in [-0.4, -0.2) is 15.2 Å². The SMILES string of the molecule is Cc1cc(C=CCC#N)cc(Cl)c1Nc1n[nH]c(=O)c(NC2=CC=C(C#N)CC2)n1. The van der Waals surface area contributed by atoms with Crippen molar-refractivity contribution in [1.29, 1.82) is 10.5 Å². The van der Waals surface area contributed by atoms with Gasteiger partial charge in [-0.05, 0) is 55.2 Å². The molecule has 1 aliphatic carbocycles. The van der Waals surface area contributed by atoms with Crippen molar-refractivity contribution in [2.24, 2.45) is 0 Å². The number of allylic oxidation sites excluding steroid dienone is 5. The van der Waals surface area contributed by atoms with Gasteiger partial charge >= 0.3 is 5.56 Å². The molecule has 150 valence electrons. The van der Waals surface area contributed by atoms with E-state index in [1.165, 1.54) is 0 Å². The van der Waals surface area contributed by atoms with Crippen molar-refractivity contribution in [2.45, 2.75) is 26.2 Å². The smallest absolute Gasteiger partial charge is 0.307 e. The molecule has 2 aromatic rings. The van der Waals surface area contributed by atoms with E-state index in [0.29, 0.717) is 35.5 Å². The highest BCUT2D eigenvalue weighted by atomic mass is 35.5. The lowest BCUT2D eigenvalue weighted by Gasteiger charge is -2.14. The Hall–Kier alpha value is -3.88. The summed E-state index contributed by atoms with van der Waals surface area (Å²) in [5.41, 5.74) is 3.36. The minimum absolute atomic E-state index is 0.0948. The molecule has 3 N–H and O–H groups in total. The van der Waals surface area contributed by atoms with Crippen LogP contribution < -0.4 is 16.2 Å². The second-order valence-corrected chi connectivity index (χ2v) is 6.95. The Labute approximate surface area is 178 Å². The van der Waals surface area contributed by atoms with Crippen LogP contribution in [0.25, 0.3) is 6.08 Å². The lowest BCUT2D eigenvalue weighted by atomic mass is 10.0. The third-order valence-corrected chi connectivity index (χ3v) is 4.63. The largest absolute Gasteiger partial charge is 0.339 e. The topological polar surface area (TPSA) is 130 Å². The molecule has 1 heterocycles. The molecule has 0 saturated carbocycles. The van der Waals surface area contributed by atoms with Crippen LogP contribution in [-0.2, 0) is 0 Å². The van der Waals surface area contributed by atoms with Crippen LogP contribution in [0.15, 0.2) is 46.4 Å². The Bertz CT molecular complexity index is 1170. The normalized spacial score (nSPS) is 13.2. The number of nitrogens with zero attached hydrogens (tertiary/aromatic N) is 4. The number of rotatable bonds is 6. The zero-order valence-electron chi connectivity index (χ0n) is 16.2. The van der Waals surface area contributed by atoms with Gasteiger partial charge in [-0.3, -0.25) is 4.79 Å². The monoisotopic (exact) mass is 419 g/mol. The average molecular weight is 420 g/mol. The first kappa shape index (κ1) is 20.8. The van der Waals surface area contributed by atoms with Gasteiger partial charge in [0.25, 0.3) is 0 Å². The van der Waals surface area contributed by atoms with E-state index in [2.05, 4.69) is 38.0 Å². The quantitative estimate of drug-likeness (QED) is 0.634. The number of nitrogens with one attached hydrogen (secondary N) is 3. The second-order valence-electron chi connectivity index (χ2n) is 6.54. The molecular formula is C21H18ClN7O. The van der Waals surface area contributed by atoms with E-state index >= 15 is 0 Å². The fourth-order valence-electron chi connectivity index (χ4n) is 2.85. The van der Waals surface area contributed by atoms with Crippen LogP contribution in [0.4, 0.5) is 17.5 Å². The van der Waals surface area contributed by atoms with Crippen molar-refractivity contribution in [3.05, 3.63) is 68.1 Å². The lowest BCUT2D eigenvalue weighted by Crippen LogP contribution is -2.19. The number of hydrogen-bond donors (Lipinski definition) is 3. The molecule has 9 heteroatoms. The summed E-state index contributed by atoms with van der Waals surface area (Å²) in [6, 6.07) is 7.85. The number of aryl methyl sites for hydroxylation is 1. The molecule has 0 aliphatic heterocycles. The summed E-state index contributed by atoms with van der Waals surface area (Å²) in [6.07, 6.45) is 8.60. The Kier molecular flexibility index (Phi) is 6.63. The third-order valence-electron chi connectivity index (χ3n) is 4.33. The maximum atomic E-state index is 12.1. The molecule has 1 aliphatic rings. The molecule has 0 radical (unpaired) electrons. The first-order valence-corrected chi connectivity index (χ1v) is 9.52. The van der Waals surface area contributed by atoms with Gasteiger partial charge in [0.05, 0.1) is 29.3 Å². The zero-order valence-corrected chi connectivity index (χ0v) is 16.9. The Morgan fingerprint density at radius 3 is 2.77 bits per heavy atom. The predicted molar refractivity (Wildman–Crippen MR) is 116 cm³/mol. The van der Waals surface area contributed by atoms with Crippen molar-refractivity contribution < 1.29 is 0 Å². The van der Waals surface area contributed by atoms with Crippen molar-refractivity contribution in [3.8, 4) is 12.1 Å². The Morgan fingerprint density at radius 2 is 2.10 bits per heavy atom. The van der Waals surface area contributed by atoms with E-state index in [0.717, 1.165) is 16.8 Å². The first-order chi connectivity index (χ1) is 14.5. The summed E-state index contributed by atoms with van der Waals surface area (Å²) < 4.78 is 0. The second kappa shape index (κ2) is 9.55. The summed E-state index contributed by atoms with van der Waals surface area (Å²) in [5, 5.41) is 30.4. The summed E-state index contributed by atoms with van der Waals surface area (Å²) in [4.78, 5) is 16.4. The number of aromatic nitrogens is 3. The first-order valence-electron chi connectivity index (χ1n) is 9.14. The van der Waals surface area contributed by atoms with Crippen LogP contribution in [0.5, 0.6) is 0 Å². The van der Waals surface area contributed by atoms with Gasteiger partial charge in [0.15, 0.2) is 0 Å². The molecule has 0 bridgehead atoms. The Morgan fingerprint density at radius 1 is 1.27 bits per heavy atom. The fraction of sp³-hybridized carbons (Fsp3) is 0.190. The maximum absolute atomic E-state index is 12.1. The van der Waals surface area contributed by atoms with Crippen molar-refractivity contribution >= 4 is 35.1 Å². The van der Waals surface area contributed by atoms with Gasteiger partial charge in [0, 0.05) is 11.3 Å². The van der Waals surface area contributed by atoms with E-state index in [4.69, 9.17) is 22.1 Å². The Balaban J connectivity index is 1.81. The van der Waals surface area contributed by atoms with Gasteiger partial charge < -0.3 is 10.6 Å². The number of nitriles is 2. The minimum Gasteiger partial charge on any atom is -0.339 e. The van der Waals surface area contributed by atoms with E-state index < -0.39 is 5.56 Å². The van der Waals surface area contributed by atoms with Crippen LogP contribution in [0.1, 0.15) is 30.4 Å². The molecule has 1 aromatic carbocycles. The average Bonchev–Trinajstić information content (AvgIpc) is 2.74. The van der Waals surface area contributed by atoms with Gasteiger partial charge in [-0.2, -0.15) is 15.5 Å². The molecule has 0 fully saturated rings. The van der Waals surface area contributed by atoms with E-state index in [9.17, 15) is 4.79 Å². The van der Waals surface area contributed by atoms with Crippen LogP contribution in [0, 0.1) is 29.6 Å². The van der Waals surface area contributed by atoms with Gasteiger partial charge in [-0.1, -0.05) is 23.8 Å². The molecule has 0 atom stereocenters. The third kappa shape index (κ3) is 5.13. The number of hydrogen-bond acceptors (Lipinski definition) is 7. The standard InChI is InChI=1S/C21H18ClN7O/c1-13-10-15(4-2-3-9-23)11-17(22)18(13)26-21-27-19(20(30)28-29-21)25-16-7-5-14(12-24)6-8-16/h2,4-5,7,10-11H,3,6,8H2,1H3,(H,28,30)(H2,25,26,27,29). The molecule has 0 spiro atoms. The van der Waals surface area contributed by atoms with E-state index in [1.807, 2.05) is 19.1 Å². The summed E-state index contributed by atoms with van der Waals surface area (Å²) in [6.45, 7) is 1.88. The van der Waals surface area contributed by atoms with Gasteiger partial charge in [-0.25, -0.2) is 5.10 Å². The fourth-order valence-corrected chi connectivity index (χ4v) is 3.17. The van der Waals surface area contributed by atoms with Gasteiger partial charge in [0.2, 0.25) is 11.8 Å². The summed E-state index contributed by atoms with van der Waals surface area (Å²) >= 11 is 6.41. The molecule has 0 saturated heterocycles. The number of benzene rings is 1. The summed E-state index contributed by atoms with van der Waals surface area (Å²) in [5.74, 6) is 0.275. The van der Waals surface area contributed by atoms with Crippen molar-refractivity contribution in [1.82, 2.24) is 15.2 Å². The molecular weight excluding hydrogens is 402 g/mol. The number of H-pyrrole nitrogens is 1. The van der Waals surface area contributed by atoms with Crippen LogP contribution in [0.2, 0.25) is 5.02 Å². The summed E-state index contributed by atoms with van der Waals surface area (Å²) in [7, 11) is 0. The molecule has 0 unspecified atom stereocenters. The number of anilines is 3. The van der Waals surface area contributed by atoms with Crippen LogP contribution in [0.3, 0.4) is 0 Å². The molecule has 3 rings (SSSR count). The minimum atomic E-state index is -0.461. The van der Waals surface area contributed by atoms with Gasteiger partial charge in [0.1, 0.15) is 0 Å². The maximum Gasteiger partial charge on any atom is 0.307 e. The highest BCUT2D eigenvalue weighted by molar-refractivity contribution is 6.33. The number of aromatic amines is 1. The molecule has 30 heavy (non-hydrogen) atoms. The zero-order chi connectivity index (χ0) is 21.5. The van der Waals surface area contributed by atoms with E-state index in [-0.39, 0.29) is 11.8 Å². The highest BCUT2D eigenvalue weighted by Crippen LogP contribution is 2.30. The highest BCUT2D eigenvalue weighted by Gasteiger charge is 2.12. The predicted octanol–water partition coefficient (Wildman–Crippen LogP) is 4.34. The van der Waals surface area contributed by atoms with E-state index in [1.54, 1.807) is 24.3 Å². The molecule has 1 aromatic heterocycles. The van der Waals surface area contributed by atoms with Crippen molar-refractivity contribution in [2.75, 3.05) is 10.6 Å². The lowest BCUT2D eigenvalue weighted by molar-refractivity contribution is 0.908. The van der Waals surface area contributed by atoms with Crippen LogP contribution >= 0.6 is 11.6 Å². The number of halogens is 1. The van der Waals surface area contributed by atoms with Gasteiger partial charge in [-0.15, -0.1) is 5.10 Å². The van der Waals surface area contributed by atoms with Crippen molar-refractivity contribution in [3.63, 3.8) is 0 Å².